The van der Waals surface area contributed by atoms with Crippen LogP contribution in [0.2, 0.25) is 0 Å². The quantitative estimate of drug-likeness (QED) is 0.770. The summed E-state index contributed by atoms with van der Waals surface area (Å²) in [4.78, 5) is 16.1. The van der Waals surface area contributed by atoms with Gasteiger partial charge in [-0.1, -0.05) is 30.3 Å². The molecular formula is C15H19N5O. The van der Waals surface area contributed by atoms with Crippen molar-refractivity contribution in [2.45, 2.75) is 6.04 Å². The van der Waals surface area contributed by atoms with Gasteiger partial charge in [-0.25, -0.2) is 10.4 Å². The Morgan fingerprint density at radius 3 is 2.95 bits per heavy atom. The first kappa shape index (κ1) is 13.8. The molecule has 0 spiro atoms. The highest BCUT2D eigenvalue weighted by Gasteiger charge is 2.28. The molecule has 3 rings (SSSR count). The van der Waals surface area contributed by atoms with E-state index in [0.717, 1.165) is 6.54 Å². The maximum atomic E-state index is 12.1. The van der Waals surface area contributed by atoms with Gasteiger partial charge in [-0.05, 0) is 5.56 Å². The van der Waals surface area contributed by atoms with Crippen LogP contribution >= 0.6 is 0 Å². The maximum Gasteiger partial charge on any atom is 0.269 e. The van der Waals surface area contributed by atoms with Gasteiger partial charge >= 0.3 is 0 Å². The fourth-order valence-electron chi connectivity index (χ4n) is 2.63. The van der Waals surface area contributed by atoms with Crippen molar-refractivity contribution in [3.05, 3.63) is 54.1 Å². The maximum absolute atomic E-state index is 12.1. The summed E-state index contributed by atoms with van der Waals surface area (Å²) in [7, 11) is 1.81. The molecule has 6 nitrogen and oxygen atoms in total. The Morgan fingerprint density at radius 1 is 1.43 bits per heavy atom. The smallest absolute Gasteiger partial charge is 0.269 e. The van der Waals surface area contributed by atoms with Crippen molar-refractivity contribution >= 4 is 5.91 Å². The molecule has 1 aromatic heterocycles. The second-order valence-corrected chi connectivity index (χ2v) is 5.27. The van der Waals surface area contributed by atoms with E-state index < -0.39 is 0 Å². The Bertz CT molecular complexity index is 610. The normalized spacial score (nSPS) is 21.4. The van der Waals surface area contributed by atoms with Crippen LogP contribution in [0.15, 0.2) is 42.9 Å². The molecule has 0 radical (unpaired) electrons. The lowest BCUT2D eigenvalue weighted by atomic mass is 9.95. The second kappa shape index (κ2) is 6.07. The van der Waals surface area contributed by atoms with E-state index in [-0.39, 0.29) is 11.9 Å². The van der Waals surface area contributed by atoms with Gasteiger partial charge in [0.05, 0.1) is 18.6 Å². The minimum Gasteiger partial charge on any atom is -0.350 e. The zero-order chi connectivity index (χ0) is 14.7. The third-order valence-electron chi connectivity index (χ3n) is 3.83. The molecule has 1 aliphatic rings. The van der Waals surface area contributed by atoms with Crippen LogP contribution in [0.1, 0.15) is 22.1 Å². The molecule has 0 bridgehead atoms. The van der Waals surface area contributed by atoms with Gasteiger partial charge in [0.15, 0.2) is 0 Å². The van der Waals surface area contributed by atoms with Crippen molar-refractivity contribution < 1.29 is 4.79 Å². The molecule has 0 aliphatic carbocycles. The van der Waals surface area contributed by atoms with Crippen LogP contribution in [0.3, 0.4) is 0 Å². The lowest BCUT2D eigenvalue weighted by Gasteiger charge is -2.19. The first-order valence-corrected chi connectivity index (χ1v) is 7.03. The van der Waals surface area contributed by atoms with E-state index in [0.29, 0.717) is 18.2 Å². The molecule has 110 valence electrons. The summed E-state index contributed by atoms with van der Waals surface area (Å²) in [6, 6.07) is 10.5. The molecule has 1 saturated heterocycles. The zero-order valence-corrected chi connectivity index (χ0v) is 11.9. The van der Waals surface area contributed by atoms with Crippen molar-refractivity contribution in [2.75, 3.05) is 13.1 Å². The molecule has 3 N–H and O–H groups in total. The van der Waals surface area contributed by atoms with Crippen molar-refractivity contribution in [1.82, 2.24) is 25.7 Å². The Balaban J connectivity index is 1.62. The summed E-state index contributed by atoms with van der Waals surface area (Å²) in [6.07, 6.45) is 3.20. The van der Waals surface area contributed by atoms with Crippen LogP contribution < -0.4 is 16.2 Å². The molecule has 6 heteroatoms. The van der Waals surface area contributed by atoms with Gasteiger partial charge in [0.1, 0.15) is 5.69 Å². The number of rotatable bonds is 4. The summed E-state index contributed by atoms with van der Waals surface area (Å²) < 4.78 is 1.72. The molecule has 0 saturated carbocycles. The molecule has 1 aromatic carbocycles. The average molecular weight is 285 g/mol. The number of aromatic nitrogens is 2. The van der Waals surface area contributed by atoms with Crippen molar-refractivity contribution in [3.8, 4) is 0 Å². The number of aryl methyl sites for hydroxylation is 1. The first-order valence-electron chi connectivity index (χ1n) is 7.03. The van der Waals surface area contributed by atoms with Gasteiger partial charge in [0.25, 0.3) is 5.91 Å². The highest BCUT2D eigenvalue weighted by atomic mass is 16.1. The highest BCUT2D eigenvalue weighted by molar-refractivity contribution is 5.92. The van der Waals surface area contributed by atoms with E-state index in [1.54, 1.807) is 17.1 Å². The fourth-order valence-corrected chi connectivity index (χ4v) is 2.63. The van der Waals surface area contributed by atoms with Gasteiger partial charge in [-0.15, -0.1) is 0 Å². The van der Waals surface area contributed by atoms with Crippen LogP contribution in [0, 0.1) is 5.92 Å². The van der Waals surface area contributed by atoms with E-state index in [1.165, 1.54) is 5.56 Å². The number of carbonyl (C=O) groups is 1. The SMILES string of the molecule is Cn1cncc1C(=O)NCC1CNNC1c1ccccc1. The summed E-state index contributed by atoms with van der Waals surface area (Å²) in [5, 5.41) is 2.99. The highest BCUT2D eigenvalue weighted by Crippen LogP contribution is 2.23. The third-order valence-corrected chi connectivity index (χ3v) is 3.83. The van der Waals surface area contributed by atoms with E-state index in [1.807, 2.05) is 25.2 Å². The number of hydrogen-bond donors (Lipinski definition) is 3. The van der Waals surface area contributed by atoms with Crippen LogP contribution in [-0.2, 0) is 7.05 Å². The molecule has 1 fully saturated rings. The lowest BCUT2D eigenvalue weighted by molar-refractivity contribution is 0.0938. The number of nitrogens with one attached hydrogen (secondary N) is 3. The molecule has 2 aromatic rings. The van der Waals surface area contributed by atoms with Gasteiger partial charge < -0.3 is 9.88 Å². The fraction of sp³-hybridized carbons (Fsp3) is 0.333. The lowest BCUT2D eigenvalue weighted by Crippen LogP contribution is -2.33. The molecular weight excluding hydrogens is 266 g/mol. The number of carbonyl (C=O) groups excluding carboxylic acids is 1. The predicted octanol–water partition coefficient (Wildman–Crippen LogP) is 0.615. The molecule has 1 aliphatic heterocycles. The monoisotopic (exact) mass is 285 g/mol. The zero-order valence-electron chi connectivity index (χ0n) is 11.9. The molecule has 21 heavy (non-hydrogen) atoms. The minimum atomic E-state index is -0.0892. The van der Waals surface area contributed by atoms with Crippen molar-refractivity contribution in [1.29, 1.82) is 0 Å². The van der Waals surface area contributed by atoms with E-state index >= 15 is 0 Å². The predicted molar refractivity (Wildman–Crippen MR) is 79.4 cm³/mol. The number of benzene rings is 1. The summed E-state index contributed by atoms with van der Waals surface area (Å²) >= 11 is 0. The molecule has 1 amide bonds. The Labute approximate surface area is 123 Å². The van der Waals surface area contributed by atoms with Gasteiger partial charge in [0.2, 0.25) is 0 Å². The van der Waals surface area contributed by atoms with Crippen molar-refractivity contribution in [3.63, 3.8) is 0 Å². The Hall–Kier alpha value is -2.18. The van der Waals surface area contributed by atoms with Gasteiger partial charge in [0, 0.05) is 26.1 Å². The summed E-state index contributed by atoms with van der Waals surface area (Å²) in [5.41, 5.74) is 8.24. The number of hydrogen-bond acceptors (Lipinski definition) is 4. The van der Waals surface area contributed by atoms with Crippen LogP contribution in [0.5, 0.6) is 0 Å². The average Bonchev–Trinajstić information content (AvgIpc) is 3.14. The molecule has 2 unspecified atom stereocenters. The largest absolute Gasteiger partial charge is 0.350 e. The molecule has 2 heterocycles. The van der Waals surface area contributed by atoms with E-state index in [9.17, 15) is 4.79 Å². The molecule has 2 atom stereocenters. The summed E-state index contributed by atoms with van der Waals surface area (Å²) in [5.74, 6) is 0.221. The van der Waals surface area contributed by atoms with Gasteiger partial charge in [-0.2, -0.15) is 0 Å². The van der Waals surface area contributed by atoms with Crippen molar-refractivity contribution in [2.24, 2.45) is 13.0 Å². The second-order valence-electron chi connectivity index (χ2n) is 5.27. The Morgan fingerprint density at radius 2 is 2.24 bits per heavy atom. The number of imidazole rings is 1. The summed E-state index contributed by atoms with van der Waals surface area (Å²) in [6.45, 7) is 1.44. The minimum absolute atomic E-state index is 0.0892. The topological polar surface area (TPSA) is 71.0 Å². The third kappa shape index (κ3) is 2.96. The van der Waals surface area contributed by atoms with Crippen LogP contribution in [0.25, 0.3) is 0 Å². The van der Waals surface area contributed by atoms with Crippen LogP contribution in [0.4, 0.5) is 0 Å². The first-order chi connectivity index (χ1) is 10.3. The number of hydrazine groups is 1. The van der Waals surface area contributed by atoms with Gasteiger partial charge in [-0.3, -0.25) is 10.2 Å². The van der Waals surface area contributed by atoms with Crippen LogP contribution in [-0.4, -0.2) is 28.5 Å². The standard InChI is InChI=1S/C15H19N5O/c1-20-10-16-9-13(20)15(21)17-7-12-8-18-19-14(12)11-5-3-2-4-6-11/h2-6,9-10,12,14,18-19H,7-8H2,1H3,(H,17,21). The number of amides is 1. The number of nitrogens with zero attached hydrogens (tertiary/aromatic N) is 2. The van der Waals surface area contributed by atoms with E-state index in [4.69, 9.17) is 0 Å². The van der Waals surface area contributed by atoms with E-state index in [2.05, 4.69) is 33.3 Å². The Kier molecular flexibility index (Phi) is 3.98.